The molecule has 0 saturated carbocycles. The van der Waals surface area contributed by atoms with Gasteiger partial charge in [-0.05, 0) is 24.8 Å². The Morgan fingerprint density at radius 2 is 2.19 bits per heavy atom. The lowest BCUT2D eigenvalue weighted by molar-refractivity contribution is -0.144. The molecule has 2 unspecified atom stereocenters. The zero-order valence-corrected chi connectivity index (χ0v) is 16.5. The van der Waals surface area contributed by atoms with Gasteiger partial charge in [-0.3, -0.25) is 14.5 Å². The summed E-state index contributed by atoms with van der Waals surface area (Å²) in [4.78, 5) is 30.9. The second-order valence-corrected chi connectivity index (χ2v) is 8.53. The van der Waals surface area contributed by atoms with E-state index in [1.807, 2.05) is 17.9 Å². The van der Waals surface area contributed by atoms with Gasteiger partial charge in [0.15, 0.2) is 5.13 Å². The first-order valence-corrected chi connectivity index (χ1v) is 9.96. The van der Waals surface area contributed by atoms with Crippen LogP contribution in [0.1, 0.15) is 29.3 Å². The highest BCUT2D eigenvalue weighted by atomic mass is 32.1. The SMILES string of the molecule is Cc1cccc(Cc2cnc(NC(=O)CN3CC(C)CC(C(=O)O)C3)s2)c1. The minimum absolute atomic E-state index is 0.148. The van der Waals surface area contributed by atoms with Crippen LogP contribution in [0.25, 0.3) is 0 Å². The van der Waals surface area contributed by atoms with Gasteiger partial charge in [0.1, 0.15) is 0 Å². The summed E-state index contributed by atoms with van der Waals surface area (Å²) < 4.78 is 0. The molecular formula is C20H25N3O3S. The second kappa shape index (κ2) is 8.63. The molecule has 2 aromatic rings. The summed E-state index contributed by atoms with van der Waals surface area (Å²) in [6.45, 7) is 5.45. The highest BCUT2D eigenvalue weighted by Crippen LogP contribution is 2.23. The third-order valence-electron chi connectivity index (χ3n) is 4.71. The maximum atomic E-state index is 12.3. The highest BCUT2D eigenvalue weighted by Gasteiger charge is 2.30. The number of thiazole rings is 1. The Morgan fingerprint density at radius 3 is 2.93 bits per heavy atom. The zero-order valence-electron chi connectivity index (χ0n) is 15.6. The van der Waals surface area contributed by atoms with Crippen LogP contribution in [-0.4, -0.2) is 46.5 Å². The van der Waals surface area contributed by atoms with Crippen molar-refractivity contribution in [2.45, 2.75) is 26.7 Å². The number of nitrogens with one attached hydrogen (secondary N) is 1. The van der Waals surface area contributed by atoms with Crippen LogP contribution < -0.4 is 5.32 Å². The lowest BCUT2D eigenvalue weighted by Gasteiger charge is -2.33. The minimum atomic E-state index is -0.785. The molecule has 1 aliphatic rings. The molecule has 2 N–H and O–H groups in total. The van der Waals surface area contributed by atoms with Crippen molar-refractivity contribution in [1.82, 2.24) is 9.88 Å². The highest BCUT2D eigenvalue weighted by molar-refractivity contribution is 7.15. The van der Waals surface area contributed by atoms with E-state index in [1.165, 1.54) is 22.5 Å². The Hall–Kier alpha value is -2.25. The predicted octanol–water partition coefficient (Wildman–Crippen LogP) is 3.02. The molecule has 2 atom stereocenters. The van der Waals surface area contributed by atoms with Crippen LogP contribution in [-0.2, 0) is 16.0 Å². The number of amides is 1. The van der Waals surface area contributed by atoms with Gasteiger partial charge in [-0.25, -0.2) is 4.98 Å². The molecule has 1 fully saturated rings. The maximum absolute atomic E-state index is 12.3. The van der Waals surface area contributed by atoms with E-state index in [2.05, 4.69) is 35.4 Å². The van der Waals surface area contributed by atoms with Crippen molar-refractivity contribution in [2.75, 3.05) is 25.0 Å². The van der Waals surface area contributed by atoms with Crippen molar-refractivity contribution in [2.24, 2.45) is 11.8 Å². The van der Waals surface area contributed by atoms with E-state index in [9.17, 15) is 14.7 Å². The third kappa shape index (κ3) is 5.61. The van der Waals surface area contributed by atoms with Crippen molar-refractivity contribution >= 4 is 28.3 Å². The van der Waals surface area contributed by atoms with Crippen LogP contribution in [0.4, 0.5) is 5.13 Å². The number of anilines is 1. The first-order chi connectivity index (χ1) is 12.9. The number of hydrogen-bond donors (Lipinski definition) is 2. The number of aryl methyl sites for hydroxylation is 1. The molecule has 0 radical (unpaired) electrons. The molecule has 1 aromatic heterocycles. The lowest BCUT2D eigenvalue weighted by atomic mass is 9.90. The molecule has 27 heavy (non-hydrogen) atoms. The first-order valence-electron chi connectivity index (χ1n) is 9.14. The van der Waals surface area contributed by atoms with Gasteiger partial charge in [0.2, 0.25) is 5.91 Å². The number of rotatable bonds is 6. The molecule has 0 bridgehead atoms. The number of likely N-dealkylation sites (tertiary alicyclic amines) is 1. The van der Waals surface area contributed by atoms with E-state index in [-0.39, 0.29) is 18.4 Å². The van der Waals surface area contributed by atoms with Gasteiger partial charge >= 0.3 is 5.97 Å². The Bertz CT molecular complexity index is 820. The average Bonchev–Trinajstić information content (AvgIpc) is 3.00. The second-order valence-electron chi connectivity index (χ2n) is 7.42. The molecular weight excluding hydrogens is 362 g/mol. The van der Waals surface area contributed by atoms with Crippen molar-refractivity contribution in [1.29, 1.82) is 0 Å². The van der Waals surface area contributed by atoms with E-state index in [0.29, 0.717) is 18.1 Å². The molecule has 3 rings (SSSR count). The quantitative estimate of drug-likeness (QED) is 0.796. The van der Waals surface area contributed by atoms with Crippen LogP contribution in [0, 0.1) is 18.8 Å². The number of carbonyl (C=O) groups is 2. The zero-order chi connectivity index (χ0) is 19.4. The fourth-order valence-electron chi connectivity index (χ4n) is 3.60. The van der Waals surface area contributed by atoms with Crippen LogP contribution in [0.2, 0.25) is 0 Å². The normalized spacial score (nSPS) is 20.4. The third-order valence-corrected chi connectivity index (χ3v) is 5.63. The van der Waals surface area contributed by atoms with E-state index < -0.39 is 11.9 Å². The Balaban J connectivity index is 1.54. The topological polar surface area (TPSA) is 82.5 Å². The Kier molecular flexibility index (Phi) is 6.23. The van der Waals surface area contributed by atoms with E-state index in [0.717, 1.165) is 17.8 Å². The largest absolute Gasteiger partial charge is 0.481 e. The number of carboxylic acid groups (broad SMARTS) is 1. The molecule has 2 heterocycles. The summed E-state index contributed by atoms with van der Waals surface area (Å²) >= 11 is 1.47. The van der Waals surface area contributed by atoms with Crippen molar-refractivity contribution in [3.63, 3.8) is 0 Å². The van der Waals surface area contributed by atoms with Gasteiger partial charge < -0.3 is 10.4 Å². The lowest BCUT2D eigenvalue weighted by Crippen LogP contribution is -2.45. The number of carboxylic acids is 1. The number of aliphatic carboxylic acids is 1. The van der Waals surface area contributed by atoms with Gasteiger partial charge in [0, 0.05) is 30.6 Å². The van der Waals surface area contributed by atoms with Crippen molar-refractivity contribution in [3.8, 4) is 0 Å². The summed E-state index contributed by atoms with van der Waals surface area (Å²) in [5.41, 5.74) is 2.44. The van der Waals surface area contributed by atoms with Crippen LogP contribution in [0.3, 0.4) is 0 Å². The first kappa shape index (κ1) is 19.5. The van der Waals surface area contributed by atoms with Gasteiger partial charge in [-0.15, -0.1) is 11.3 Å². The number of benzene rings is 1. The number of aromatic nitrogens is 1. The number of hydrogen-bond acceptors (Lipinski definition) is 5. The summed E-state index contributed by atoms with van der Waals surface area (Å²) in [5.74, 6) is -1.06. The monoisotopic (exact) mass is 387 g/mol. The summed E-state index contributed by atoms with van der Waals surface area (Å²) in [7, 11) is 0. The minimum Gasteiger partial charge on any atom is -0.481 e. The smallest absolute Gasteiger partial charge is 0.307 e. The summed E-state index contributed by atoms with van der Waals surface area (Å²) in [6.07, 6.45) is 3.26. The number of carbonyl (C=O) groups excluding carboxylic acids is 1. The maximum Gasteiger partial charge on any atom is 0.307 e. The molecule has 0 aliphatic carbocycles. The van der Waals surface area contributed by atoms with Gasteiger partial charge in [0.05, 0.1) is 12.5 Å². The van der Waals surface area contributed by atoms with Gasteiger partial charge in [-0.1, -0.05) is 36.8 Å². The molecule has 1 aromatic carbocycles. The van der Waals surface area contributed by atoms with E-state index in [1.54, 1.807) is 6.20 Å². The molecule has 6 nitrogen and oxygen atoms in total. The number of nitrogens with zero attached hydrogens (tertiary/aromatic N) is 2. The van der Waals surface area contributed by atoms with Crippen molar-refractivity contribution in [3.05, 3.63) is 46.5 Å². The predicted molar refractivity (Wildman–Crippen MR) is 106 cm³/mol. The molecule has 1 saturated heterocycles. The Labute approximate surface area is 163 Å². The molecule has 1 aliphatic heterocycles. The van der Waals surface area contributed by atoms with Gasteiger partial charge in [0.25, 0.3) is 0 Å². The fourth-order valence-corrected chi connectivity index (χ4v) is 4.46. The van der Waals surface area contributed by atoms with Crippen molar-refractivity contribution < 1.29 is 14.7 Å². The van der Waals surface area contributed by atoms with Crippen LogP contribution in [0.5, 0.6) is 0 Å². The number of piperidine rings is 1. The Morgan fingerprint density at radius 1 is 1.37 bits per heavy atom. The average molecular weight is 388 g/mol. The molecule has 0 spiro atoms. The molecule has 7 heteroatoms. The molecule has 144 valence electrons. The van der Waals surface area contributed by atoms with Crippen LogP contribution >= 0.6 is 11.3 Å². The fraction of sp³-hybridized carbons (Fsp3) is 0.450. The van der Waals surface area contributed by atoms with E-state index in [4.69, 9.17) is 0 Å². The standard InChI is InChI=1S/C20H25N3O3S/c1-13-4-3-5-15(6-13)8-17-9-21-20(27-17)22-18(24)12-23-10-14(2)7-16(11-23)19(25)26/h3-6,9,14,16H,7-8,10-12H2,1-2H3,(H,25,26)(H,21,22,24). The summed E-state index contributed by atoms with van der Waals surface area (Å²) in [6, 6.07) is 8.34. The summed E-state index contributed by atoms with van der Waals surface area (Å²) in [5, 5.41) is 12.7. The molecule has 1 amide bonds. The van der Waals surface area contributed by atoms with Gasteiger partial charge in [-0.2, -0.15) is 0 Å². The van der Waals surface area contributed by atoms with Crippen LogP contribution in [0.15, 0.2) is 30.5 Å². The van der Waals surface area contributed by atoms with E-state index >= 15 is 0 Å².